The molecule has 3 rings (SSSR count). The molecule has 0 spiro atoms. The molecule has 0 N–H and O–H groups in total. The molecule has 0 aliphatic carbocycles. The molecule has 144 valence electrons. The molecule has 0 fully saturated rings. The van der Waals surface area contributed by atoms with Crippen molar-refractivity contribution < 1.29 is 27.6 Å². The van der Waals surface area contributed by atoms with Crippen molar-refractivity contribution in [2.75, 3.05) is 27.3 Å². The fraction of sp³-hybridized carbons (Fsp3) is 0.294. The van der Waals surface area contributed by atoms with E-state index in [1.54, 1.807) is 18.2 Å². The fourth-order valence-electron chi connectivity index (χ4n) is 2.69. The molecule has 1 atom stereocenters. The summed E-state index contributed by atoms with van der Waals surface area (Å²) in [7, 11) is -1.30. The van der Waals surface area contributed by atoms with Crippen LogP contribution in [0.2, 0.25) is 0 Å². The third-order valence-corrected chi connectivity index (χ3v) is 5.90. The summed E-state index contributed by atoms with van der Waals surface area (Å²) in [5.41, 5.74) is -0.418. The summed E-state index contributed by atoms with van der Waals surface area (Å²) in [6.07, 6.45) is -0.507. The second kappa shape index (κ2) is 7.41. The Labute approximate surface area is 156 Å². The van der Waals surface area contributed by atoms with Crippen LogP contribution in [0.15, 0.2) is 47.4 Å². The maximum atomic E-state index is 12.8. The zero-order valence-corrected chi connectivity index (χ0v) is 15.5. The van der Waals surface area contributed by atoms with Crippen LogP contribution in [-0.2, 0) is 10.0 Å². The van der Waals surface area contributed by atoms with E-state index in [1.807, 2.05) is 6.07 Å². The number of nitro benzene ring substituents is 1. The smallest absolute Gasteiger partial charge is 0.312 e. The van der Waals surface area contributed by atoms with Gasteiger partial charge in [0.15, 0.2) is 17.2 Å². The fourth-order valence-corrected chi connectivity index (χ4v) is 3.91. The van der Waals surface area contributed by atoms with Gasteiger partial charge in [-0.15, -0.1) is 0 Å². The lowest BCUT2D eigenvalue weighted by molar-refractivity contribution is -0.386. The summed E-state index contributed by atoms with van der Waals surface area (Å²) >= 11 is 0. The van der Waals surface area contributed by atoms with E-state index >= 15 is 0 Å². The largest absolute Gasteiger partial charge is 0.490 e. The number of rotatable bonds is 6. The molecular weight excluding hydrogens is 376 g/mol. The van der Waals surface area contributed by atoms with Gasteiger partial charge in [0.25, 0.3) is 0 Å². The standard InChI is InChI=1S/C17H18N2O7S/c1-18(10-12-11-25-16-5-3-4-6-17(16)26-12)27(22,23)13-7-8-15(24-2)14(9-13)19(20)21/h3-9,12H,10-11H2,1-2H3/t12-/m1/s1. The van der Waals surface area contributed by atoms with Crippen molar-refractivity contribution in [1.29, 1.82) is 0 Å². The van der Waals surface area contributed by atoms with Crippen molar-refractivity contribution in [2.45, 2.75) is 11.0 Å². The summed E-state index contributed by atoms with van der Waals surface area (Å²) in [5, 5.41) is 11.1. The highest BCUT2D eigenvalue weighted by Crippen LogP contribution is 2.32. The molecule has 1 heterocycles. The number of likely N-dealkylation sites (N-methyl/N-ethyl adjacent to an activating group) is 1. The summed E-state index contributed by atoms with van der Waals surface area (Å²) in [6, 6.07) is 10.6. The first-order chi connectivity index (χ1) is 12.8. The van der Waals surface area contributed by atoms with Gasteiger partial charge < -0.3 is 14.2 Å². The van der Waals surface area contributed by atoms with E-state index in [2.05, 4.69) is 0 Å². The summed E-state index contributed by atoms with van der Waals surface area (Å²) in [6.45, 7) is 0.218. The van der Waals surface area contributed by atoms with Gasteiger partial charge in [0, 0.05) is 13.1 Å². The number of para-hydroxylation sites is 2. The average Bonchev–Trinajstić information content (AvgIpc) is 2.67. The molecule has 9 nitrogen and oxygen atoms in total. The summed E-state index contributed by atoms with van der Waals surface area (Å²) in [4.78, 5) is 10.3. The summed E-state index contributed by atoms with van der Waals surface area (Å²) < 4.78 is 42.9. The molecule has 0 radical (unpaired) electrons. The highest BCUT2D eigenvalue weighted by atomic mass is 32.2. The van der Waals surface area contributed by atoms with E-state index in [9.17, 15) is 18.5 Å². The molecule has 0 saturated heterocycles. The highest BCUT2D eigenvalue weighted by molar-refractivity contribution is 7.89. The Morgan fingerprint density at radius 2 is 1.96 bits per heavy atom. The van der Waals surface area contributed by atoms with Gasteiger partial charge in [0.2, 0.25) is 10.0 Å². The normalized spacial score (nSPS) is 16.2. The second-order valence-corrected chi connectivity index (χ2v) is 7.92. The molecule has 1 aliphatic rings. The van der Waals surface area contributed by atoms with Crippen LogP contribution in [0.1, 0.15) is 0 Å². The van der Waals surface area contributed by atoms with Crippen molar-refractivity contribution in [3.63, 3.8) is 0 Å². The van der Waals surface area contributed by atoms with Gasteiger partial charge in [0.1, 0.15) is 12.7 Å². The van der Waals surface area contributed by atoms with Crippen LogP contribution >= 0.6 is 0 Å². The Kier molecular flexibility index (Phi) is 5.19. The minimum atomic E-state index is -3.96. The lowest BCUT2D eigenvalue weighted by Crippen LogP contribution is -2.41. The van der Waals surface area contributed by atoms with Crippen molar-refractivity contribution in [3.8, 4) is 17.2 Å². The number of hydrogen-bond acceptors (Lipinski definition) is 7. The molecular formula is C17H18N2O7S. The molecule has 0 bridgehead atoms. The van der Waals surface area contributed by atoms with Crippen molar-refractivity contribution in [2.24, 2.45) is 0 Å². The van der Waals surface area contributed by atoms with Gasteiger partial charge in [-0.05, 0) is 24.3 Å². The van der Waals surface area contributed by atoms with E-state index in [0.29, 0.717) is 11.5 Å². The molecule has 2 aromatic rings. The first-order valence-corrected chi connectivity index (χ1v) is 9.44. The first-order valence-electron chi connectivity index (χ1n) is 8.00. The summed E-state index contributed by atoms with van der Waals surface area (Å²) in [5.74, 6) is 1.13. The lowest BCUT2D eigenvalue weighted by atomic mass is 10.2. The zero-order chi connectivity index (χ0) is 19.6. The Hall–Kier alpha value is -2.85. The van der Waals surface area contributed by atoms with Crippen molar-refractivity contribution in [3.05, 3.63) is 52.6 Å². The van der Waals surface area contributed by atoms with Crippen LogP contribution in [0.4, 0.5) is 5.69 Å². The third-order valence-electron chi connectivity index (χ3n) is 4.08. The number of nitro groups is 1. The third kappa shape index (κ3) is 3.81. The molecule has 1 aliphatic heterocycles. The van der Waals surface area contributed by atoms with Crippen LogP contribution in [0, 0.1) is 10.1 Å². The Morgan fingerprint density at radius 1 is 1.26 bits per heavy atom. The topological polar surface area (TPSA) is 108 Å². The molecule has 0 saturated carbocycles. The van der Waals surface area contributed by atoms with Gasteiger partial charge >= 0.3 is 5.69 Å². The van der Waals surface area contributed by atoms with Gasteiger partial charge in [0.05, 0.1) is 23.5 Å². The minimum Gasteiger partial charge on any atom is -0.490 e. The molecule has 27 heavy (non-hydrogen) atoms. The number of benzene rings is 2. The molecule has 10 heteroatoms. The predicted molar refractivity (Wildman–Crippen MR) is 95.8 cm³/mol. The van der Waals surface area contributed by atoms with Gasteiger partial charge in [-0.25, -0.2) is 8.42 Å². The maximum absolute atomic E-state index is 12.8. The second-order valence-electron chi connectivity index (χ2n) is 5.87. The van der Waals surface area contributed by atoms with Crippen LogP contribution in [-0.4, -0.2) is 51.1 Å². The quantitative estimate of drug-likeness (QED) is 0.545. The molecule has 0 aromatic heterocycles. The number of hydrogen-bond donors (Lipinski definition) is 0. The molecule has 0 amide bonds. The van der Waals surface area contributed by atoms with E-state index < -0.39 is 26.7 Å². The number of nitrogens with zero attached hydrogens (tertiary/aromatic N) is 2. The Morgan fingerprint density at radius 3 is 2.63 bits per heavy atom. The van der Waals surface area contributed by atoms with E-state index in [4.69, 9.17) is 14.2 Å². The molecule has 2 aromatic carbocycles. The highest BCUT2D eigenvalue weighted by Gasteiger charge is 2.30. The van der Waals surface area contributed by atoms with E-state index in [-0.39, 0.29) is 23.8 Å². The maximum Gasteiger partial charge on any atom is 0.312 e. The van der Waals surface area contributed by atoms with E-state index in [0.717, 1.165) is 10.4 Å². The number of fused-ring (bicyclic) bond motifs is 1. The Bertz CT molecular complexity index is 962. The SMILES string of the molecule is COc1ccc(S(=O)(=O)N(C)C[C@@H]2COc3ccccc3O2)cc1[N+](=O)[O-]. The van der Waals surface area contributed by atoms with Crippen LogP contribution in [0.3, 0.4) is 0 Å². The van der Waals surface area contributed by atoms with Crippen LogP contribution in [0.25, 0.3) is 0 Å². The van der Waals surface area contributed by atoms with E-state index in [1.165, 1.54) is 26.3 Å². The first kappa shape index (κ1) is 18.9. The molecule has 0 unspecified atom stereocenters. The monoisotopic (exact) mass is 394 g/mol. The van der Waals surface area contributed by atoms with Gasteiger partial charge in [-0.2, -0.15) is 4.31 Å². The Balaban J connectivity index is 1.79. The predicted octanol–water partition coefficient (Wildman–Crippen LogP) is 2.06. The number of methoxy groups -OCH3 is 1. The average molecular weight is 394 g/mol. The number of sulfonamides is 1. The van der Waals surface area contributed by atoms with Gasteiger partial charge in [-0.3, -0.25) is 10.1 Å². The van der Waals surface area contributed by atoms with Crippen LogP contribution < -0.4 is 14.2 Å². The van der Waals surface area contributed by atoms with Crippen molar-refractivity contribution in [1.82, 2.24) is 4.31 Å². The number of ether oxygens (including phenoxy) is 3. The zero-order valence-electron chi connectivity index (χ0n) is 14.7. The minimum absolute atomic E-state index is 0.0118. The van der Waals surface area contributed by atoms with Crippen molar-refractivity contribution >= 4 is 15.7 Å². The lowest BCUT2D eigenvalue weighted by Gasteiger charge is -2.29. The van der Waals surface area contributed by atoms with Gasteiger partial charge in [-0.1, -0.05) is 12.1 Å². The van der Waals surface area contributed by atoms with Crippen LogP contribution in [0.5, 0.6) is 17.2 Å².